The summed E-state index contributed by atoms with van der Waals surface area (Å²) in [7, 11) is 0. The first kappa shape index (κ1) is 20.1. The third-order valence-electron chi connectivity index (χ3n) is 5.70. The van der Waals surface area contributed by atoms with Gasteiger partial charge >= 0.3 is 0 Å². The molecule has 0 aliphatic carbocycles. The molecule has 24 heavy (non-hydrogen) atoms. The fourth-order valence-corrected chi connectivity index (χ4v) is 4.70. The van der Waals surface area contributed by atoms with Crippen molar-refractivity contribution in [2.24, 2.45) is 17.8 Å². The Balaban J connectivity index is 2.42. The van der Waals surface area contributed by atoms with Crippen LogP contribution in [-0.2, 0) is 9.47 Å². The van der Waals surface area contributed by atoms with E-state index in [0.29, 0.717) is 25.0 Å². The van der Waals surface area contributed by atoms with Gasteiger partial charge < -0.3 is 9.47 Å². The summed E-state index contributed by atoms with van der Waals surface area (Å²) >= 11 is 0. The average molecular weight is 347 g/mol. The monoisotopic (exact) mass is 347 g/mol. The molecule has 0 spiro atoms. The number of alkyl halides is 2. The number of halogens is 2. The zero-order valence-electron chi connectivity index (χ0n) is 15.9. The molecule has 0 aromatic heterocycles. The van der Waals surface area contributed by atoms with E-state index in [1.54, 1.807) is 0 Å². The third kappa shape index (κ3) is 4.47. The molecule has 2 fully saturated rings. The fraction of sp³-hybridized carbons (Fsp3) is 1.00. The molecule has 5 heteroatoms. The maximum Gasteiger partial charge on any atom is 0.251 e. The van der Waals surface area contributed by atoms with E-state index in [2.05, 4.69) is 34.6 Å². The predicted molar refractivity (Wildman–Crippen MR) is 92.5 cm³/mol. The van der Waals surface area contributed by atoms with Gasteiger partial charge in [0, 0.05) is 18.6 Å². The number of hydrogen-bond donors (Lipinski definition) is 0. The average Bonchev–Trinajstić information content (AvgIpc) is 2.78. The first-order chi connectivity index (χ1) is 11.4. The van der Waals surface area contributed by atoms with Crippen LogP contribution in [0, 0.1) is 17.8 Å². The highest BCUT2D eigenvalue weighted by molar-refractivity contribution is 4.97. The van der Waals surface area contributed by atoms with Crippen molar-refractivity contribution in [3.8, 4) is 0 Å². The SMILES string of the molecule is CCC1C(C(C)C)C(C(C)C)OC2CCCOCC2N1CC(F)F. The smallest absolute Gasteiger partial charge is 0.251 e. The molecule has 0 aromatic carbocycles. The van der Waals surface area contributed by atoms with Gasteiger partial charge in [-0.25, -0.2) is 8.78 Å². The van der Waals surface area contributed by atoms with E-state index in [0.717, 1.165) is 19.3 Å². The molecule has 2 rings (SSSR count). The van der Waals surface area contributed by atoms with E-state index in [1.807, 2.05) is 4.90 Å². The highest BCUT2D eigenvalue weighted by atomic mass is 19.3. The number of fused-ring (bicyclic) bond motifs is 1. The second kappa shape index (κ2) is 8.91. The Kier molecular flexibility index (Phi) is 7.44. The molecule has 0 bridgehead atoms. The van der Waals surface area contributed by atoms with Crippen molar-refractivity contribution in [1.82, 2.24) is 4.90 Å². The molecule has 0 amide bonds. The van der Waals surface area contributed by atoms with E-state index in [9.17, 15) is 8.78 Å². The molecule has 0 aromatic rings. The molecular formula is C19H35F2NO2. The van der Waals surface area contributed by atoms with Gasteiger partial charge in [-0.15, -0.1) is 0 Å². The summed E-state index contributed by atoms with van der Waals surface area (Å²) in [5.41, 5.74) is 0. The van der Waals surface area contributed by atoms with Crippen LogP contribution in [0.5, 0.6) is 0 Å². The Bertz CT molecular complexity index is 378. The molecule has 2 saturated heterocycles. The van der Waals surface area contributed by atoms with E-state index in [1.165, 1.54) is 0 Å². The van der Waals surface area contributed by atoms with Gasteiger partial charge in [-0.2, -0.15) is 0 Å². The lowest BCUT2D eigenvalue weighted by Gasteiger charge is -2.42. The summed E-state index contributed by atoms with van der Waals surface area (Å²) in [6.45, 7) is 11.9. The first-order valence-corrected chi connectivity index (χ1v) is 9.63. The van der Waals surface area contributed by atoms with Crippen molar-refractivity contribution in [2.75, 3.05) is 19.8 Å². The van der Waals surface area contributed by atoms with Crippen LogP contribution in [0.25, 0.3) is 0 Å². The van der Waals surface area contributed by atoms with Crippen LogP contribution in [-0.4, -0.2) is 55.4 Å². The minimum absolute atomic E-state index is 0.00329. The van der Waals surface area contributed by atoms with Crippen LogP contribution in [0.1, 0.15) is 53.9 Å². The molecular weight excluding hydrogens is 312 g/mol. The van der Waals surface area contributed by atoms with E-state index in [-0.39, 0.29) is 36.8 Å². The Morgan fingerprint density at radius 3 is 2.38 bits per heavy atom. The predicted octanol–water partition coefficient (Wildman–Crippen LogP) is 4.21. The third-order valence-corrected chi connectivity index (χ3v) is 5.70. The highest BCUT2D eigenvalue weighted by Gasteiger charge is 2.47. The quantitative estimate of drug-likeness (QED) is 0.744. The maximum absolute atomic E-state index is 13.4. The maximum atomic E-state index is 13.4. The summed E-state index contributed by atoms with van der Waals surface area (Å²) < 4.78 is 39.1. The fourth-order valence-electron chi connectivity index (χ4n) is 4.70. The van der Waals surface area contributed by atoms with Crippen LogP contribution >= 0.6 is 0 Å². The van der Waals surface area contributed by atoms with Crippen LogP contribution in [0.2, 0.25) is 0 Å². The molecule has 2 aliphatic rings. The van der Waals surface area contributed by atoms with Gasteiger partial charge in [-0.05, 0) is 31.1 Å². The van der Waals surface area contributed by atoms with Crippen LogP contribution in [0.3, 0.4) is 0 Å². The largest absolute Gasteiger partial charge is 0.380 e. The van der Waals surface area contributed by atoms with Crippen molar-refractivity contribution in [2.45, 2.75) is 84.6 Å². The zero-order chi connectivity index (χ0) is 17.9. The number of ether oxygens (including phenoxy) is 2. The second-order valence-electron chi connectivity index (χ2n) is 8.05. The molecule has 0 N–H and O–H groups in total. The normalized spacial score (nSPS) is 36.0. The van der Waals surface area contributed by atoms with Gasteiger partial charge in [-0.3, -0.25) is 4.90 Å². The molecule has 142 valence electrons. The van der Waals surface area contributed by atoms with Crippen molar-refractivity contribution in [1.29, 1.82) is 0 Å². The van der Waals surface area contributed by atoms with Gasteiger partial charge in [0.2, 0.25) is 0 Å². The summed E-state index contributed by atoms with van der Waals surface area (Å²) in [6, 6.07) is 0.0551. The number of rotatable bonds is 5. The lowest BCUT2D eigenvalue weighted by Crippen LogP contribution is -2.53. The number of hydrogen-bond acceptors (Lipinski definition) is 3. The van der Waals surface area contributed by atoms with Gasteiger partial charge in [-0.1, -0.05) is 34.6 Å². The lowest BCUT2D eigenvalue weighted by molar-refractivity contribution is -0.0789. The van der Waals surface area contributed by atoms with Crippen molar-refractivity contribution in [3.05, 3.63) is 0 Å². The molecule has 0 radical (unpaired) electrons. The Labute approximate surface area is 146 Å². The first-order valence-electron chi connectivity index (χ1n) is 9.63. The molecule has 5 unspecified atom stereocenters. The summed E-state index contributed by atoms with van der Waals surface area (Å²) in [4.78, 5) is 2.04. The van der Waals surface area contributed by atoms with Gasteiger partial charge in [0.1, 0.15) is 0 Å². The number of nitrogens with zero attached hydrogens (tertiary/aromatic N) is 1. The van der Waals surface area contributed by atoms with E-state index < -0.39 is 6.43 Å². The zero-order valence-corrected chi connectivity index (χ0v) is 15.9. The topological polar surface area (TPSA) is 21.7 Å². The molecule has 0 saturated carbocycles. The standard InChI is InChI=1S/C19H35F2NO2/c1-6-14-18(12(2)3)19(13(4)5)24-16-8-7-9-23-11-15(16)22(14)10-17(20)21/h12-19H,6-11H2,1-5H3. The Morgan fingerprint density at radius 2 is 1.83 bits per heavy atom. The van der Waals surface area contributed by atoms with Gasteiger partial charge in [0.25, 0.3) is 6.43 Å². The molecule has 5 atom stereocenters. The van der Waals surface area contributed by atoms with E-state index >= 15 is 0 Å². The van der Waals surface area contributed by atoms with Crippen LogP contribution in [0.4, 0.5) is 8.78 Å². The van der Waals surface area contributed by atoms with E-state index in [4.69, 9.17) is 9.47 Å². The molecule has 2 aliphatic heterocycles. The highest BCUT2D eigenvalue weighted by Crippen LogP contribution is 2.39. The van der Waals surface area contributed by atoms with Crippen molar-refractivity contribution >= 4 is 0 Å². The summed E-state index contributed by atoms with van der Waals surface area (Å²) in [5, 5.41) is 0. The minimum Gasteiger partial charge on any atom is -0.380 e. The van der Waals surface area contributed by atoms with Crippen molar-refractivity contribution < 1.29 is 18.3 Å². The Hall–Kier alpha value is -0.260. The van der Waals surface area contributed by atoms with Gasteiger partial charge in [0.15, 0.2) is 0 Å². The second-order valence-corrected chi connectivity index (χ2v) is 8.05. The minimum atomic E-state index is -2.33. The summed E-state index contributed by atoms with van der Waals surface area (Å²) in [6.07, 6.45) is 0.490. The molecule has 3 nitrogen and oxygen atoms in total. The summed E-state index contributed by atoms with van der Waals surface area (Å²) in [5.74, 6) is 1.04. The Morgan fingerprint density at radius 1 is 1.12 bits per heavy atom. The van der Waals surface area contributed by atoms with Crippen molar-refractivity contribution in [3.63, 3.8) is 0 Å². The van der Waals surface area contributed by atoms with Crippen LogP contribution in [0.15, 0.2) is 0 Å². The lowest BCUT2D eigenvalue weighted by atomic mass is 9.78. The van der Waals surface area contributed by atoms with Crippen LogP contribution < -0.4 is 0 Å². The molecule has 2 heterocycles. The van der Waals surface area contributed by atoms with Gasteiger partial charge in [0.05, 0.1) is 31.4 Å².